The fourth-order valence-electron chi connectivity index (χ4n) is 1.68. The van der Waals surface area contributed by atoms with Crippen molar-refractivity contribution < 1.29 is 0 Å². The molecule has 2 rings (SSSR count). The first kappa shape index (κ1) is 11.9. The number of hydrogen-bond donors (Lipinski definition) is 1. The first-order chi connectivity index (χ1) is 8.22. The molecule has 0 amide bonds. The van der Waals surface area contributed by atoms with E-state index >= 15 is 0 Å². The van der Waals surface area contributed by atoms with Crippen LogP contribution in [0.5, 0.6) is 0 Å². The van der Waals surface area contributed by atoms with E-state index in [1.807, 2.05) is 31.8 Å². The Labute approximate surface area is 105 Å². The lowest BCUT2D eigenvalue weighted by Gasteiger charge is -2.04. The zero-order valence-electron chi connectivity index (χ0n) is 10.1. The highest BCUT2D eigenvalue weighted by Gasteiger charge is 2.12. The normalized spacial score (nSPS) is 10.5. The Kier molecular flexibility index (Phi) is 3.63. The summed E-state index contributed by atoms with van der Waals surface area (Å²) < 4.78 is 1.86. The molecule has 0 aromatic carbocycles. The highest BCUT2D eigenvalue weighted by molar-refractivity contribution is 7.98. The van der Waals surface area contributed by atoms with Crippen molar-refractivity contribution in [2.24, 2.45) is 7.05 Å². The molecule has 17 heavy (non-hydrogen) atoms. The average molecular weight is 249 g/mol. The molecule has 0 aliphatic rings. The van der Waals surface area contributed by atoms with Crippen LogP contribution in [0.3, 0.4) is 0 Å². The van der Waals surface area contributed by atoms with E-state index in [0.29, 0.717) is 0 Å². The van der Waals surface area contributed by atoms with E-state index in [0.717, 1.165) is 22.4 Å². The third-order valence-electron chi connectivity index (χ3n) is 2.47. The molecule has 0 bridgehead atoms. The molecule has 2 aromatic heterocycles. The number of aromatic nitrogens is 4. The highest BCUT2D eigenvalue weighted by Crippen LogP contribution is 2.26. The maximum atomic E-state index is 4.39. The Balaban J connectivity index is 2.14. The number of nitrogens with one attached hydrogen (secondary N) is 1. The Morgan fingerprint density at radius 2 is 2.06 bits per heavy atom. The van der Waals surface area contributed by atoms with Crippen LogP contribution in [0.2, 0.25) is 0 Å². The van der Waals surface area contributed by atoms with Gasteiger partial charge in [-0.25, -0.2) is 9.97 Å². The molecule has 0 fully saturated rings. The molecule has 6 heteroatoms. The third kappa shape index (κ3) is 2.58. The van der Waals surface area contributed by atoms with E-state index in [9.17, 15) is 0 Å². The fraction of sp³-hybridized carbons (Fsp3) is 0.364. The first-order valence-electron chi connectivity index (χ1n) is 5.32. The Morgan fingerprint density at radius 1 is 1.35 bits per heavy atom. The molecular formula is C11H15N5S. The van der Waals surface area contributed by atoms with Crippen LogP contribution in [-0.4, -0.2) is 26.8 Å². The number of aryl methyl sites for hydroxylation is 2. The van der Waals surface area contributed by atoms with Crippen molar-refractivity contribution in [3.05, 3.63) is 29.7 Å². The van der Waals surface area contributed by atoms with Gasteiger partial charge in [-0.05, 0) is 13.0 Å². The molecule has 0 spiro atoms. The molecule has 2 aromatic rings. The van der Waals surface area contributed by atoms with Crippen molar-refractivity contribution >= 4 is 17.6 Å². The molecule has 2 heterocycles. The van der Waals surface area contributed by atoms with E-state index < -0.39 is 0 Å². The van der Waals surface area contributed by atoms with Gasteiger partial charge in [0.25, 0.3) is 0 Å². The summed E-state index contributed by atoms with van der Waals surface area (Å²) in [6.07, 6.45) is 3.51. The van der Waals surface area contributed by atoms with Crippen molar-refractivity contribution in [1.29, 1.82) is 0 Å². The maximum absolute atomic E-state index is 4.39. The summed E-state index contributed by atoms with van der Waals surface area (Å²) in [6.45, 7) is 2.02. The second kappa shape index (κ2) is 5.18. The second-order valence-corrected chi connectivity index (χ2v) is 4.55. The molecule has 0 aliphatic heterocycles. The standard InChI is InChI=1S/C11H15N5S/c1-8-9(10(12-2)16(3)15-8)7-17-11-13-5-4-6-14-11/h4-6,12H,7H2,1-3H3. The number of thioether (sulfide) groups is 1. The van der Waals surface area contributed by atoms with E-state index in [1.165, 1.54) is 5.56 Å². The van der Waals surface area contributed by atoms with Crippen LogP contribution in [0, 0.1) is 6.92 Å². The predicted octanol–water partition coefficient (Wildman–Crippen LogP) is 1.85. The van der Waals surface area contributed by atoms with Gasteiger partial charge in [0, 0.05) is 37.8 Å². The summed E-state index contributed by atoms with van der Waals surface area (Å²) in [4.78, 5) is 8.38. The smallest absolute Gasteiger partial charge is 0.187 e. The minimum absolute atomic E-state index is 0.790. The maximum Gasteiger partial charge on any atom is 0.187 e. The van der Waals surface area contributed by atoms with Gasteiger partial charge >= 0.3 is 0 Å². The van der Waals surface area contributed by atoms with Crippen LogP contribution in [0.25, 0.3) is 0 Å². The lowest BCUT2D eigenvalue weighted by molar-refractivity contribution is 0.763. The largest absolute Gasteiger partial charge is 0.373 e. The van der Waals surface area contributed by atoms with E-state index in [-0.39, 0.29) is 0 Å². The minimum Gasteiger partial charge on any atom is -0.373 e. The van der Waals surface area contributed by atoms with Crippen LogP contribution in [-0.2, 0) is 12.8 Å². The van der Waals surface area contributed by atoms with Crippen molar-refractivity contribution in [2.75, 3.05) is 12.4 Å². The minimum atomic E-state index is 0.790. The summed E-state index contributed by atoms with van der Waals surface area (Å²) in [7, 11) is 3.84. The summed E-state index contributed by atoms with van der Waals surface area (Å²) in [5, 5.41) is 8.35. The van der Waals surface area contributed by atoms with Gasteiger partial charge in [0.05, 0.1) is 5.69 Å². The van der Waals surface area contributed by atoms with Crippen molar-refractivity contribution in [3.8, 4) is 0 Å². The summed E-state index contributed by atoms with van der Waals surface area (Å²) in [5.41, 5.74) is 2.24. The van der Waals surface area contributed by atoms with Crippen LogP contribution in [0.4, 0.5) is 5.82 Å². The zero-order valence-corrected chi connectivity index (χ0v) is 11.0. The zero-order chi connectivity index (χ0) is 12.3. The molecule has 0 atom stereocenters. The van der Waals surface area contributed by atoms with Crippen molar-refractivity contribution in [1.82, 2.24) is 19.7 Å². The van der Waals surface area contributed by atoms with Gasteiger partial charge in [-0.3, -0.25) is 4.68 Å². The van der Waals surface area contributed by atoms with Crippen LogP contribution in [0.15, 0.2) is 23.6 Å². The Morgan fingerprint density at radius 3 is 2.71 bits per heavy atom. The Bertz CT molecular complexity index is 494. The van der Waals surface area contributed by atoms with Gasteiger partial charge in [0.2, 0.25) is 0 Å². The van der Waals surface area contributed by atoms with Gasteiger partial charge in [0.15, 0.2) is 5.16 Å². The van der Waals surface area contributed by atoms with Gasteiger partial charge < -0.3 is 5.32 Å². The van der Waals surface area contributed by atoms with Crippen molar-refractivity contribution in [2.45, 2.75) is 17.8 Å². The van der Waals surface area contributed by atoms with Gasteiger partial charge in [-0.15, -0.1) is 0 Å². The van der Waals surface area contributed by atoms with Gasteiger partial charge in [0.1, 0.15) is 5.82 Å². The molecule has 1 N–H and O–H groups in total. The van der Waals surface area contributed by atoms with Crippen molar-refractivity contribution in [3.63, 3.8) is 0 Å². The number of nitrogens with zero attached hydrogens (tertiary/aromatic N) is 4. The SMILES string of the molecule is CNc1c(CSc2ncccn2)c(C)nn1C. The molecule has 0 radical (unpaired) electrons. The number of rotatable bonds is 4. The summed E-state index contributed by atoms with van der Waals surface area (Å²) in [5.74, 6) is 1.87. The molecule has 0 unspecified atom stereocenters. The Hall–Kier alpha value is -1.56. The molecule has 0 saturated carbocycles. The number of anilines is 1. The molecule has 90 valence electrons. The monoisotopic (exact) mass is 249 g/mol. The second-order valence-electron chi connectivity index (χ2n) is 3.61. The van der Waals surface area contributed by atoms with Crippen LogP contribution in [0.1, 0.15) is 11.3 Å². The quantitative estimate of drug-likeness (QED) is 0.662. The lowest BCUT2D eigenvalue weighted by Crippen LogP contribution is -2.00. The average Bonchev–Trinajstić information content (AvgIpc) is 2.62. The lowest BCUT2D eigenvalue weighted by atomic mass is 10.3. The van der Waals surface area contributed by atoms with Gasteiger partial charge in [-0.2, -0.15) is 5.10 Å². The van der Waals surface area contributed by atoms with Gasteiger partial charge in [-0.1, -0.05) is 11.8 Å². The van der Waals surface area contributed by atoms with E-state index in [4.69, 9.17) is 0 Å². The van der Waals surface area contributed by atoms with Crippen LogP contribution < -0.4 is 5.32 Å². The molecule has 5 nitrogen and oxygen atoms in total. The molecule has 0 saturated heterocycles. The fourth-order valence-corrected chi connectivity index (χ4v) is 2.57. The first-order valence-corrected chi connectivity index (χ1v) is 6.31. The third-order valence-corrected chi connectivity index (χ3v) is 3.37. The molecule has 0 aliphatic carbocycles. The topological polar surface area (TPSA) is 55.6 Å². The predicted molar refractivity (Wildman–Crippen MR) is 69.1 cm³/mol. The molecular weight excluding hydrogens is 234 g/mol. The summed E-state index contributed by atoms with van der Waals surface area (Å²) in [6, 6.07) is 1.82. The highest BCUT2D eigenvalue weighted by atomic mass is 32.2. The number of hydrogen-bond acceptors (Lipinski definition) is 5. The van der Waals surface area contributed by atoms with E-state index in [2.05, 4.69) is 20.4 Å². The summed E-state index contributed by atoms with van der Waals surface area (Å²) >= 11 is 1.61. The van der Waals surface area contributed by atoms with Crippen LogP contribution >= 0.6 is 11.8 Å². The van der Waals surface area contributed by atoms with E-state index in [1.54, 1.807) is 24.2 Å².